The number of hydrogen-bond donors (Lipinski definition) is 0. The Morgan fingerprint density at radius 2 is 2.29 bits per heavy atom. The second-order valence-corrected chi connectivity index (χ2v) is 8.20. The van der Waals surface area contributed by atoms with Crippen LogP contribution in [-0.4, -0.2) is 65.1 Å². The maximum absolute atomic E-state index is 12.8. The molecule has 0 spiro atoms. The Morgan fingerprint density at radius 1 is 1.43 bits per heavy atom. The number of carbonyl (C=O) groups is 1. The van der Waals surface area contributed by atoms with Crippen LogP contribution in [0.3, 0.4) is 0 Å². The Hall–Kier alpha value is -1.99. The van der Waals surface area contributed by atoms with Crippen LogP contribution >= 0.6 is 11.5 Å². The van der Waals surface area contributed by atoms with Crippen molar-refractivity contribution in [3.8, 4) is 5.75 Å². The van der Waals surface area contributed by atoms with E-state index in [9.17, 15) is 4.79 Å². The van der Waals surface area contributed by atoms with Crippen LogP contribution in [0.15, 0.2) is 24.3 Å². The van der Waals surface area contributed by atoms with E-state index in [1.54, 1.807) is 7.11 Å². The summed E-state index contributed by atoms with van der Waals surface area (Å²) in [6, 6.07) is 8.31. The van der Waals surface area contributed by atoms with E-state index in [-0.39, 0.29) is 5.91 Å². The maximum atomic E-state index is 12.8. The number of carbonyl (C=O) groups excluding carboxylic acids is 1. The molecule has 1 aromatic carbocycles. The number of aryl methyl sites for hydroxylation is 1. The highest BCUT2D eigenvalue weighted by atomic mass is 32.1. The van der Waals surface area contributed by atoms with Gasteiger partial charge in [0, 0.05) is 26.2 Å². The zero-order chi connectivity index (χ0) is 19.9. The highest BCUT2D eigenvalue weighted by Crippen LogP contribution is 2.21. The number of methoxy groups -OCH3 is 1. The second-order valence-electron chi connectivity index (χ2n) is 7.44. The molecule has 2 heterocycles. The molecule has 1 saturated heterocycles. The van der Waals surface area contributed by atoms with Gasteiger partial charge in [0.1, 0.15) is 10.6 Å². The molecule has 1 atom stereocenters. The van der Waals surface area contributed by atoms with E-state index >= 15 is 0 Å². The topological polar surface area (TPSA) is 58.6 Å². The first-order valence-electron chi connectivity index (χ1n) is 10.0. The van der Waals surface area contributed by atoms with E-state index in [1.165, 1.54) is 29.9 Å². The fraction of sp³-hybridized carbons (Fsp3) is 0.571. The summed E-state index contributed by atoms with van der Waals surface area (Å²) >= 11 is 1.20. The molecule has 2 aromatic rings. The van der Waals surface area contributed by atoms with Crippen LogP contribution in [0.1, 0.15) is 40.7 Å². The fourth-order valence-corrected chi connectivity index (χ4v) is 4.48. The summed E-state index contributed by atoms with van der Waals surface area (Å²) in [6.07, 6.45) is 3.39. The Kier molecular flexibility index (Phi) is 7.39. The van der Waals surface area contributed by atoms with Gasteiger partial charge in [-0.25, -0.2) is 0 Å². The van der Waals surface area contributed by atoms with Gasteiger partial charge in [-0.1, -0.05) is 16.6 Å². The molecular formula is C21H30N4O2S. The Morgan fingerprint density at radius 3 is 3.00 bits per heavy atom. The minimum absolute atomic E-state index is 0.0727. The number of nitrogens with zero attached hydrogens (tertiary/aromatic N) is 4. The summed E-state index contributed by atoms with van der Waals surface area (Å²) in [4.78, 5) is 18.0. The predicted molar refractivity (Wildman–Crippen MR) is 112 cm³/mol. The van der Waals surface area contributed by atoms with Gasteiger partial charge in [0.25, 0.3) is 5.91 Å². The molecule has 1 fully saturated rings. The minimum atomic E-state index is 0.0727. The third-order valence-electron chi connectivity index (χ3n) is 5.45. The van der Waals surface area contributed by atoms with Gasteiger partial charge in [0.05, 0.1) is 12.8 Å². The van der Waals surface area contributed by atoms with Gasteiger partial charge >= 0.3 is 0 Å². The number of ether oxygens (including phenoxy) is 1. The van der Waals surface area contributed by atoms with Gasteiger partial charge in [-0.3, -0.25) is 4.79 Å². The molecule has 1 aliphatic heterocycles. The first kappa shape index (κ1) is 20.7. The van der Waals surface area contributed by atoms with Crippen molar-refractivity contribution in [1.29, 1.82) is 0 Å². The van der Waals surface area contributed by atoms with E-state index in [0.29, 0.717) is 10.8 Å². The molecule has 1 amide bonds. The number of hydrogen-bond acceptors (Lipinski definition) is 6. The van der Waals surface area contributed by atoms with E-state index in [4.69, 9.17) is 4.74 Å². The molecule has 28 heavy (non-hydrogen) atoms. The van der Waals surface area contributed by atoms with Crippen molar-refractivity contribution >= 4 is 17.4 Å². The van der Waals surface area contributed by atoms with Crippen LogP contribution in [0.25, 0.3) is 0 Å². The summed E-state index contributed by atoms with van der Waals surface area (Å²) in [5.74, 6) is 1.51. The zero-order valence-electron chi connectivity index (χ0n) is 17.1. The van der Waals surface area contributed by atoms with Gasteiger partial charge in [0.15, 0.2) is 0 Å². The zero-order valence-corrected chi connectivity index (χ0v) is 17.9. The van der Waals surface area contributed by atoms with Crippen LogP contribution in [0.2, 0.25) is 0 Å². The van der Waals surface area contributed by atoms with Crippen LogP contribution in [0.5, 0.6) is 5.75 Å². The fourth-order valence-electron chi connectivity index (χ4n) is 3.86. The van der Waals surface area contributed by atoms with Crippen molar-refractivity contribution in [3.05, 3.63) is 40.4 Å². The van der Waals surface area contributed by atoms with Crippen LogP contribution in [0.4, 0.5) is 0 Å². The summed E-state index contributed by atoms with van der Waals surface area (Å²) < 4.78 is 9.23. The van der Waals surface area contributed by atoms with Crippen molar-refractivity contribution in [2.24, 2.45) is 5.92 Å². The Balaban J connectivity index is 1.53. The lowest BCUT2D eigenvalue weighted by atomic mass is 9.96. The molecule has 1 unspecified atom stereocenters. The molecule has 1 aliphatic rings. The van der Waals surface area contributed by atoms with Gasteiger partial charge in [-0.2, -0.15) is 0 Å². The molecule has 0 radical (unpaired) electrons. The largest absolute Gasteiger partial charge is 0.497 e. The Labute approximate surface area is 171 Å². The van der Waals surface area contributed by atoms with E-state index < -0.39 is 0 Å². The molecule has 0 saturated carbocycles. The van der Waals surface area contributed by atoms with Crippen molar-refractivity contribution < 1.29 is 9.53 Å². The van der Waals surface area contributed by atoms with E-state index in [0.717, 1.165) is 50.6 Å². The number of likely N-dealkylation sites (tertiary alicyclic amines) is 1. The van der Waals surface area contributed by atoms with E-state index in [1.807, 2.05) is 30.9 Å². The quantitative estimate of drug-likeness (QED) is 0.678. The predicted octanol–water partition coefficient (Wildman–Crippen LogP) is 3.27. The van der Waals surface area contributed by atoms with Crippen LogP contribution in [-0.2, 0) is 6.42 Å². The lowest BCUT2D eigenvalue weighted by Gasteiger charge is -2.35. The molecule has 3 rings (SSSR count). The minimum Gasteiger partial charge on any atom is -0.497 e. The average molecular weight is 403 g/mol. The summed E-state index contributed by atoms with van der Waals surface area (Å²) in [5, 5.41) is 3.98. The SMILES string of the molecule is CCN(CC1CCCN(CCc2cccc(OC)c2)C1)C(=O)c1snnc1C. The molecule has 6 nitrogen and oxygen atoms in total. The first-order valence-corrected chi connectivity index (χ1v) is 10.8. The van der Waals surface area contributed by atoms with Gasteiger partial charge in [0.2, 0.25) is 0 Å². The molecular weight excluding hydrogens is 372 g/mol. The molecule has 0 bridgehead atoms. The maximum Gasteiger partial charge on any atom is 0.267 e. The van der Waals surface area contributed by atoms with Gasteiger partial charge in [-0.05, 0) is 74.8 Å². The summed E-state index contributed by atoms with van der Waals surface area (Å²) in [6.45, 7) is 8.66. The van der Waals surface area contributed by atoms with Crippen LogP contribution < -0.4 is 4.74 Å². The lowest BCUT2D eigenvalue weighted by molar-refractivity contribution is 0.0694. The molecule has 0 N–H and O–H groups in total. The van der Waals surface area contributed by atoms with Crippen molar-refractivity contribution in [2.45, 2.75) is 33.1 Å². The number of piperidine rings is 1. The second kappa shape index (κ2) is 9.98. The van der Waals surface area contributed by atoms with Crippen LogP contribution in [0, 0.1) is 12.8 Å². The summed E-state index contributed by atoms with van der Waals surface area (Å²) in [7, 11) is 1.71. The standard InChI is InChI=1S/C21H30N4O2S/c1-4-25(21(26)20-16(2)22-23-28-20)15-18-8-6-11-24(14-18)12-10-17-7-5-9-19(13-17)27-3/h5,7,9,13,18H,4,6,8,10-12,14-15H2,1-3H3. The first-order chi connectivity index (χ1) is 13.6. The van der Waals surface area contributed by atoms with Gasteiger partial charge < -0.3 is 14.5 Å². The molecule has 7 heteroatoms. The van der Waals surface area contributed by atoms with Crippen molar-refractivity contribution in [2.75, 3.05) is 39.8 Å². The lowest BCUT2D eigenvalue weighted by Crippen LogP contribution is -2.43. The highest BCUT2D eigenvalue weighted by Gasteiger charge is 2.26. The average Bonchev–Trinajstić information content (AvgIpc) is 3.16. The highest BCUT2D eigenvalue weighted by molar-refractivity contribution is 7.07. The Bertz CT molecular complexity index is 779. The smallest absolute Gasteiger partial charge is 0.267 e. The van der Waals surface area contributed by atoms with Gasteiger partial charge in [-0.15, -0.1) is 5.10 Å². The molecule has 152 valence electrons. The third-order valence-corrected chi connectivity index (χ3v) is 6.26. The number of aromatic nitrogens is 2. The number of rotatable bonds is 8. The third kappa shape index (κ3) is 5.29. The molecule has 1 aromatic heterocycles. The molecule has 0 aliphatic carbocycles. The van der Waals surface area contributed by atoms with Crippen molar-refractivity contribution in [1.82, 2.24) is 19.4 Å². The van der Waals surface area contributed by atoms with E-state index in [2.05, 4.69) is 26.6 Å². The number of amides is 1. The number of benzene rings is 1. The normalized spacial score (nSPS) is 17.5. The van der Waals surface area contributed by atoms with Crippen molar-refractivity contribution in [3.63, 3.8) is 0 Å². The monoisotopic (exact) mass is 402 g/mol. The summed E-state index contributed by atoms with van der Waals surface area (Å²) in [5.41, 5.74) is 2.04.